The van der Waals surface area contributed by atoms with Crippen LogP contribution in [0.25, 0.3) is 0 Å². The molecule has 0 saturated heterocycles. The van der Waals surface area contributed by atoms with Crippen LogP contribution in [0.4, 0.5) is 16.2 Å². The van der Waals surface area contributed by atoms with Gasteiger partial charge >= 0.3 is 6.03 Å². The highest BCUT2D eigenvalue weighted by molar-refractivity contribution is 7.12. The Hall–Kier alpha value is -2.34. The van der Waals surface area contributed by atoms with Crippen molar-refractivity contribution in [3.8, 4) is 0 Å². The van der Waals surface area contributed by atoms with Gasteiger partial charge in [-0.05, 0) is 43.0 Å². The smallest absolute Gasteiger partial charge is 0.321 e. The summed E-state index contributed by atoms with van der Waals surface area (Å²) in [5.41, 5.74) is 1.30. The van der Waals surface area contributed by atoms with E-state index in [4.69, 9.17) is 0 Å². The monoisotopic (exact) mass is 345 g/mol. The van der Waals surface area contributed by atoms with E-state index in [2.05, 4.69) is 17.6 Å². The molecule has 1 aromatic carbocycles. The van der Waals surface area contributed by atoms with Crippen LogP contribution in [-0.2, 0) is 0 Å². The number of hydrogen-bond acceptors (Lipinski definition) is 3. The van der Waals surface area contributed by atoms with Crippen LogP contribution in [-0.4, -0.2) is 29.9 Å². The van der Waals surface area contributed by atoms with Crippen molar-refractivity contribution in [1.82, 2.24) is 4.90 Å². The zero-order chi connectivity index (χ0) is 17.5. The molecule has 2 aromatic rings. The molecule has 0 radical (unpaired) electrons. The van der Waals surface area contributed by atoms with Gasteiger partial charge in [-0.3, -0.25) is 4.79 Å². The van der Waals surface area contributed by atoms with Gasteiger partial charge in [0.25, 0.3) is 5.91 Å². The molecule has 1 unspecified atom stereocenters. The topological polar surface area (TPSA) is 61.4 Å². The number of hydrogen-bond donors (Lipinski definition) is 2. The minimum absolute atomic E-state index is 0.151. The lowest BCUT2D eigenvalue weighted by atomic mass is 10.2. The summed E-state index contributed by atoms with van der Waals surface area (Å²) < 4.78 is 0. The molecule has 24 heavy (non-hydrogen) atoms. The normalized spacial score (nSPS) is 11.6. The molecule has 2 N–H and O–H groups in total. The van der Waals surface area contributed by atoms with E-state index in [1.165, 1.54) is 11.3 Å². The summed E-state index contributed by atoms with van der Waals surface area (Å²) in [5.74, 6) is -0.151. The molecule has 2 rings (SSSR count). The number of urea groups is 1. The number of amides is 3. The van der Waals surface area contributed by atoms with Crippen LogP contribution in [0, 0.1) is 0 Å². The Labute approximate surface area is 146 Å². The number of carbonyl (C=O) groups excluding carboxylic acids is 2. The standard InChI is InChI=1S/C18H23N3O2S/c1-4-7-13(2)21(3)18(23)20-15-9-5-8-14(12-15)19-17(22)16-10-6-11-24-16/h5-6,8-13H,4,7H2,1-3H3,(H,19,22)(H,20,23). The number of anilines is 2. The number of carbonyl (C=O) groups is 2. The van der Waals surface area contributed by atoms with Gasteiger partial charge in [0, 0.05) is 24.5 Å². The number of nitrogens with one attached hydrogen (secondary N) is 2. The summed E-state index contributed by atoms with van der Waals surface area (Å²) in [6.45, 7) is 4.13. The predicted octanol–water partition coefficient (Wildman–Crippen LogP) is 4.65. The van der Waals surface area contributed by atoms with E-state index < -0.39 is 0 Å². The van der Waals surface area contributed by atoms with Crippen molar-refractivity contribution in [1.29, 1.82) is 0 Å². The SMILES string of the molecule is CCCC(C)N(C)C(=O)Nc1cccc(NC(=O)c2cccs2)c1. The molecule has 128 valence electrons. The van der Waals surface area contributed by atoms with Crippen molar-refractivity contribution in [2.45, 2.75) is 32.7 Å². The van der Waals surface area contributed by atoms with Gasteiger partial charge < -0.3 is 15.5 Å². The molecule has 0 bridgehead atoms. The van der Waals surface area contributed by atoms with Crippen LogP contribution in [0.1, 0.15) is 36.4 Å². The van der Waals surface area contributed by atoms with E-state index in [1.54, 1.807) is 42.3 Å². The summed E-state index contributed by atoms with van der Waals surface area (Å²) in [5, 5.41) is 7.56. The minimum atomic E-state index is -0.155. The molecular weight excluding hydrogens is 322 g/mol. The average molecular weight is 345 g/mol. The molecule has 1 atom stereocenters. The first-order chi connectivity index (χ1) is 11.5. The molecule has 0 aliphatic heterocycles. The lowest BCUT2D eigenvalue weighted by Crippen LogP contribution is -2.38. The van der Waals surface area contributed by atoms with Crippen LogP contribution in [0.5, 0.6) is 0 Å². The average Bonchev–Trinajstić information content (AvgIpc) is 3.09. The lowest BCUT2D eigenvalue weighted by Gasteiger charge is -2.25. The van der Waals surface area contributed by atoms with E-state index in [0.717, 1.165) is 12.8 Å². The zero-order valence-electron chi connectivity index (χ0n) is 14.2. The Kier molecular flexibility index (Phi) is 6.37. The maximum atomic E-state index is 12.3. The van der Waals surface area contributed by atoms with Crippen molar-refractivity contribution >= 4 is 34.6 Å². The Balaban J connectivity index is 1.99. The van der Waals surface area contributed by atoms with Gasteiger partial charge in [-0.25, -0.2) is 4.79 Å². The minimum Gasteiger partial charge on any atom is -0.325 e. The van der Waals surface area contributed by atoms with Gasteiger partial charge in [0.05, 0.1) is 4.88 Å². The number of nitrogens with zero attached hydrogens (tertiary/aromatic N) is 1. The van der Waals surface area contributed by atoms with Gasteiger partial charge in [0.2, 0.25) is 0 Å². The van der Waals surface area contributed by atoms with Crippen LogP contribution in [0.15, 0.2) is 41.8 Å². The van der Waals surface area contributed by atoms with E-state index in [-0.39, 0.29) is 18.0 Å². The van der Waals surface area contributed by atoms with E-state index in [9.17, 15) is 9.59 Å². The van der Waals surface area contributed by atoms with Crippen molar-refractivity contribution in [3.05, 3.63) is 46.7 Å². The molecule has 6 heteroatoms. The molecule has 1 heterocycles. The predicted molar refractivity (Wildman–Crippen MR) is 99.9 cm³/mol. The third kappa shape index (κ3) is 4.83. The largest absolute Gasteiger partial charge is 0.325 e. The molecule has 0 fully saturated rings. The van der Waals surface area contributed by atoms with Crippen LogP contribution in [0.3, 0.4) is 0 Å². The summed E-state index contributed by atoms with van der Waals surface area (Å²) in [4.78, 5) is 26.7. The van der Waals surface area contributed by atoms with Gasteiger partial charge in [0.15, 0.2) is 0 Å². The van der Waals surface area contributed by atoms with Crippen LogP contribution >= 0.6 is 11.3 Å². The quantitative estimate of drug-likeness (QED) is 0.800. The van der Waals surface area contributed by atoms with Crippen molar-refractivity contribution in [2.24, 2.45) is 0 Å². The second-order valence-electron chi connectivity index (χ2n) is 5.69. The van der Waals surface area contributed by atoms with E-state index in [1.807, 2.05) is 18.4 Å². The first kappa shape index (κ1) is 18.0. The van der Waals surface area contributed by atoms with Gasteiger partial charge in [-0.2, -0.15) is 0 Å². The second-order valence-corrected chi connectivity index (χ2v) is 6.64. The Morgan fingerprint density at radius 2 is 1.88 bits per heavy atom. The zero-order valence-corrected chi connectivity index (χ0v) is 15.0. The third-order valence-electron chi connectivity index (χ3n) is 3.80. The van der Waals surface area contributed by atoms with Gasteiger partial charge in [0.1, 0.15) is 0 Å². The Bertz CT molecular complexity index is 685. The fourth-order valence-electron chi connectivity index (χ4n) is 2.30. The molecule has 0 saturated carbocycles. The fourth-order valence-corrected chi connectivity index (χ4v) is 2.92. The Morgan fingerprint density at radius 1 is 1.17 bits per heavy atom. The first-order valence-corrected chi connectivity index (χ1v) is 8.88. The highest BCUT2D eigenvalue weighted by Crippen LogP contribution is 2.18. The summed E-state index contributed by atoms with van der Waals surface area (Å²) in [6, 6.07) is 10.8. The highest BCUT2D eigenvalue weighted by atomic mass is 32.1. The fraction of sp³-hybridized carbons (Fsp3) is 0.333. The Morgan fingerprint density at radius 3 is 2.50 bits per heavy atom. The molecule has 3 amide bonds. The number of thiophene rings is 1. The molecule has 0 aliphatic carbocycles. The summed E-state index contributed by atoms with van der Waals surface area (Å²) >= 11 is 1.39. The molecular formula is C18H23N3O2S. The van der Waals surface area contributed by atoms with Gasteiger partial charge in [-0.15, -0.1) is 11.3 Å². The van der Waals surface area contributed by atoms with E-state index in [0.29, 0.717) is 16.3 Å². The highest BCUT2D eigenvalue weighted by Gasteiger charge is 2.15. The molecule has 0 aliphatic rings. The van der Waals surface area contributed by atoms with Gasteiger partial charge in [-0.1, -0.05) is 25.5 Å². The van der Waals surface area contributed by atoms with Crippen molar-refractivity contribution < 1.29 is 9.59 Å². The van der Waals surface area contributed by atoms with Crippen LogP contribution < -0.4 is 10.6 Å². The maximum absolute atomic E-state index is 12.3. The second kappa shape index (κ2) is 8.49. The number of benzene rings is 1. The molecule has 1 aromatic heterocycles. The third-order valence-corrected chi connectivity index (χ3v) is 4.67. The summed E-state index contributed by atoms with van der Waals surface area (Å²) in [7, 11) is 1.79. The molecule has 0 spiro atoms. The van der Waals surface area contributed by atoms with Crippen molar-refractivity contribution in [2.75, 3.05) is 17.7 Å². The lowest BCUT2D eigenvalue weighted by molar-refractivity contribution is 0.103. The number of rotatable bonds is 6. The maximum Gasteiger partial charge on any atom is 0.321 e. The van der Waals surface area contributed by atoms with Crippen molar-refractivity contribution in [3.63, 3.8) is 0 Å². The van der Waals surface area contributed by atoms with E-state index >= 15 is 0 Å². The molecule has 5 nitrogen and oxygen atoms in total. The summed E-state index contributed by atoms with van der Waals surface area (Å²) in [6.07, 6.45) is 1.99. The van der Waals surface area contributed by atoms with Crippen LogP contribution in [0.2, 0.25) is 0 Å². The first-order valence-electron chi connectivity index (χ1n) is 8.00.